The summed E-state index contributed by atoms with van der Waals surface area (Å²) in [7, 11) is 0. The van der Waals surface area contributed by atoms with Gasteiger partial charge in [0.05, 0.1) is 16.8 Å². The van der Waals surface area contributed by atoms with Gasteiger partial charge in [0, 0.05) is 23.7 Å². The number of para-hydroxylation sites is 1. The number of rotatable bonds is 8. The minimum absolute atomic E-state index is 0.232. The lowest BCUT2D eigenvalue weighted by molar-refractivity contribution is 0.271. The Morgan fingerprint density at radius 2 is 1.67 bits per heavy atom. The van der Waals surface area contributed by atoms with Crippen molar-refractivity contribution in [1.29, 1.82) is 0 Å². The van der Waals surface area contributed by atoms with Crippen molar-refractivity contribution >= 4 is 22.4 Å². The van der Waals surface area contributed by atoms with Gasteiger partial charge in [0.1, 0.15) is 17.1 Å². The molecule has 0 bridgehead atoms. The van der Waals surface area contributed by atoms with Gasteiger partial charge in [-0.05, 0) is 60.9 Å². The molecule has 42 heavy (non-hydrogen) atoms. The summed E-state index contributed by atoms with van der Waals surface area (Å²) in [4.78, 5) is 30.7. The van der Waals surface area contributed by atoms with Gasteiger partial charge in [-0.1, -0.05) is 73.2 Å². The van der Waals surface area contributed by atoms with Crippen molar-refractivity contribution < 1.29 is 4.74 Å². The molecule has 3 aromatic carbocycles. The van der Waals surface area contributed by atoms with Gasteiger partial charge < -0.3 is 4.74 Å². The number of ether oxygens (including phenoxy) is 1. The molecule has 0 atom stereocenters. The highest BCUT2D eigenvalue weighted by Crippen LogP contribution is 2.26. The SMILES string of the molecule is Cc1ccc(Cc2nn3c(=O)/c(=C/c4cn(-c5ccccc5)nc4-c4ccc(OCC(C)C)cc4)sc3nc2=O)cc1. The maximum atomic E-state index is 13.5. The van der Waals surface area contributed by atoms with Crippen LogP contribution in [0.15, 0.2) is 94.6 Å². The van der Waals surface area contributed by atoms with E-state index in [4.69, 9.17) is 9.84 Å². The number of hydrogen-bond acceptors (Lipinski definition) is 7. The Bertz CT molecular complexity index is 2030. The molecule has 0 aliphatic heterocycles. The molecule has 0 unspecified atom stereocenters. The van der Waals surface area contributed by atoms with Crippen molar-refractivity contribution in [3.8, 4) is 22.7 Å². The van der Waals surface area contributed by atoms with E-state index >= 15 is 0 Å². The van der Waals surface area contributed by atoms with Gasteiger partial charge in [0.2, 0.25) is 4.96 Å². The zero-order chi connectivity index (χ0) is 29.2. The first kappa shape index (κ1) is 27.3. The van der Waals surface area contributed by atoms with Crippen LogP contribution in [0.1, 0.15) is 36.2 Å². The summed E-state index contributed by atoms with van der Waals surface area (Å²) in [5.41, 5.74) is 4.76. The summed E-state index contributed by atoms with van der Waals surface area (Å²) >= 11 is 1.13. The zero-order valence-corrected chi connectivity index (χ0v) is 24.3. The molecule has 0 N–H and O–H groups in total. The van der Waals surface area contributed by atoms with E-state index in [1.807, 2.05) is 92.0 Å². The fourth-order valence-electron chi connectivity index (χ4n) is 4.49. The predicted octanol–water partition coefficient (Wildman–Crippen LogP) is 4.85. The Balaban J connectivity index is 1.42. The average molecular weight is 576 g/mol. The highest BCUT2D eigenvalue weighted by Gasteiger charge is 2.15. The quantitative estimate of drug-likeness (QED) is 0.258. The number of nitrogens with zero attached hydrogens (tertiary/aromatic N) is 5. The fourth-order valence-corrected chi connectivity index (χ4v) is 5.39. The second-order valence-electron chi connectivity index (χ2n) is 10.6. The zero-order valence-electron chi connectivity index (χ0n) is 23.5. The summed E-state index contributed by atoms with van der Waals surface area (Å²) in [5.74, 6) is 1.21. The molecule has 0 spiro atoms. The monoisotopic (exact) mass is 575 g/mol. The lowest BCUT2D eigenvalue weighted by Crippen LogP contribution is -2.28. The minimum atomic E-state index is -0.430. The third kappa shape index (κ3) is 5.77. The van der Waals surface area contributed by atoms with Crippen LogP contribution in [0.2, 0.25) is 0 Å². The van der Waals surface area contributed by atoms with E-state index in [-0.39, 0.29) is 16.2 Å². The highest BCUT2D eigenvalue weighted by molar-refractivity contribution is 7.15. The Morgan fingerprint density at radius 1 is 0.929 bits per heavy atom. The molecule has 3 aromatic heterocycles. The molecule has 9 heteroatoms. The maximum Gasteiger partial charge on any atom is 0.296 e. The van der Waals surface area contributed by atoms with Gasteiger partial charge in [0.25, 0.3) is 11.1 Å². The van der Waals surface area contributed by atoms with Gasteiger partial charge in [0.15, 0.2) is 0 Å². The number of fused-ring (bicyclic) bond motifs is 1. The summed E-state index contributed by atoms with van der Waals surface area (Å²) in [5, 5.41) is 9.29. The lowest BCUT2D eigenvalue weighted by Gasteiger charge is -2.09. The molecule has 0 amide bonds. The first-order valence-electron chi connectivity index (χ1n) is 13.7. The molecule has 0 saturated carbocycles. The van der Waals surface area contributed by atoms with Gasteiger partial charge in [-0.25, -0.2) is 4.68 Å². The Labute approximate surface area is 246 Å². The fraction of sp³-hybridized carbons (Fsp3) is 0.182. The molecule has 0 saturated heterocycles. The molecule has 6 rings (SSSR count). The molecule has 0 aliphatic carbocycles. The summed E-state index contributed by atoms with van der Waals surface area (Å²) in [6, 6.07) is 25.4. The molecule has 0 radical (unpaired) electrons. The van der Waals surface area contributed by atoms with Crippen LogP contribution in [0, 0.1) is 12.8 Å². The topological polar surface area (TPSA) is 91.4 Å². The van der Waals surface area contributed by atoms with Gasteiger partial charge in [-0.15, -0.1) is 0 Å². The number of aromatic nitrogens is 5. The van der Waals surface area contributed by atoms with E-state index in [9.17, 15) is 9.59 Å². The largest absolute Gasteiger partial charge is 0.493 e. The standard InChI is InChI=1S/C33H29N5O3S/c1-21(2)20-41-27-15-13-24(14-16-27)30-25(19-37(36-30)26-7-5-4-6-8-26)18-29-32(40)38-33(42-29)34-31(39)28(35-38)17-23-11-9-22(3)10-12-23/h4-16,18-19,21H,17,20H2,1-3H3/b29-18-. The Hall–Kier alpha value is -4.89. The van der Waals surface area contributed by atoms with Crippen LogP contribution >= 0.6 is 11.3 Å². The maximum absolute atomic E-state index is 13.5. The van der Waals surface area contributed by atoms with Crippen molar-refractivity contribution in [2.45, 2.75) is 27.2 Å². The second kappa shape index (κ2) is 11.5. The normalized spacial score (nSPS) is 12.0. The lowest BCUT2D eigenvalue weighted by atomic mass is 10.1. The Morgan fingerprint density at radius 3 is 2.38 bits per heavy atom. The van der Waals surface area contributed by atoms with E-state index in [2.05, 4.69) is 23.9 Å². The van der Waals surface area contributed by atoms with Gasteiger partial charge in [-0.3, -0.25) is 9.59 Å². The van der Waals surface area contributed by atoms with Crippen molar-refractivity contribution in [3.63, 3.8) is 0 Å². The second-order valence-corrected chi connectivity index (χ2v) is 11.6. The first-order chi connectivity index (χ1) is 20.3. The summed E-state index contributed by atoms with van der Waals surface area (Å²) in [6.45, 7) is 6.86. The smallest absolute Gasteiger partial charge is 0.296 e. The van der Waals surface area contributed by atoms with Crippen molar-refractivity contribution in [2.24, 2.45) is 5.92 Å². The molecular weight excluding hydrogens is 546 g/mol. The number of thiazole rings is 1. The third-order valence-electron chi connectivity index (χ3n) is 6.70. The van der Waals surface area contributed by atoms with Crippen molar-refractivity contribution in [1.82, 2.24) is 24.4 Å². The van der Waals surface area contributed by atoms with E-state index in [1.54, 1.807) is 10.8 Å². The van der Waals surface area contributed by atoms with E-state index in [0.717, 1.165) is 45.0 Å². The van der Waals surface area contributed by atoms with Crippen LogP contribution < -0.4 is 20.4 Å². The predicted molar refractivity (Wildman–Crippen MR) is 166 cm³/mol. The van der Waals surface area contributed by atoms with Gasteiger partial charge in [-0.2, -0.15) is 19.7 Å². The molecule has 210 valence electrons. The molecule has 0 aliphatic rings. The molecular formula is C33H29N5O3S. The average Bonchev–Trinajstić information content (AvgIpc) is 3.55. The molecule has 6 aromatic rings. The third-order valence-corrected chi connectivity index (χ3v) is 7.66. The minimum Gasteiger partial charge on any atom is -0.493 e. The number of benzene rings is 3. The van der Waals surface area contributed by atoms with E-state index in [1.165, 1.54) is 4.52 Å². The molecule has 8 nitrogen and oxygen atoms in total. The van der Waals surface area contributed by atoms with Crippen LogP contribution in [0.25, 0.3) is 28.0 Å². The van der Waals surface area contributed by atoms with Gasteiger partial charge >= 0.3 is 0 Å². The van der Waals surface area contributed by atoms with Crippen LogP contribution in [-0.4, -0.2) is 31.0 Å². The van der Waals surface area contributed by atoms with E-state index in [0.29, 0.717) is 29.2 Å². The number of hydrogen-bond donors (Lipinski definition) is 0. The highest BCUT2D eigenvalue weighted by atomic mass is 32.1. The molecule has 3 heterocycles. The van der Waals surface area contributed by atoms with Crippen molar-refractivity contribution in [3.05, 3.63) is 133 Å². The Kier molecular flexibility index (Phi) is 7.50. The first-order valence-corrected chi connectivity index (χ1v) is 14.5. The summed E-state index contributed by atoms with van der Waals surface area (Å²) in [6.07, 6.45) is 3.98. The van der Waals surface area contributed by atoms with Crippen LogP contribution in [0.5, 0.6) is 5.75 Å². The van der Waals surface area contributed by atoms with Crippen LogP contribution in [-0.2, 0) is 6.42 Å². The van der Waals surface area contributed by atoms with E-state index < -0.39 is 5.56 Å². The number of aryl methyl sites for hydroxylation is 1. The molecule has 0 fully saturated rings. The van der Waals surface area contributed by atoms with Crippen LogP contribution in [0.4, 0.5) is 0 Å². The van der Waals surface area contributed by atoms with Crippen LogP contribution in [0.3, 0.4) is 0 Å². The van der Waals surface area contributed by atoms with Crippen molar-refractivity contribution in [2.75, 3.05) is 6.61 Å². The summed E-state index contributed by atoms with van der Waals surface area (Å²) < 4.78 is 9.28.